The Labute approximate surface area is 112 Å². The fourth-order valence-electron chi connectivity index (χ4n) is 1.77. The summed E-state index contributed by atoms with van der Waals surface area (Å²) in [6, 6.07) is 6.47. The molecule has 1 atom stereocenters. The number of anilines is 1. The van der Waals surface area contributed by atoms with Gasteiger partial charge in [-0.1, -0.05) is 26.0 Å². The van der Waals surface area contributed by atoms with Gasteiger partial charge in [0.15, 0.2) is 0 Å². The number of rotatable bonds is 6. The molecule has 1 amide bonds. The summed E-state index contributed by atoms with van der Waals surface area (Å²) in [5.41, 5.74) is 7.27. The molecule has 0 aliphatic heterocycles. The second-order valence-corrected chi connectivity index (χ2v) is 4.87. The third kappa shape index (κ3) is 4.99. The van der Waals surface area contributed by atoms with Gasteiger partial charge in [0.05, 0.1) is 0 Å². The summed E-state index contributed by atoms with van der Waals surface area (Å²) in [6.45, 7) is 3.52. The molecule has 0 saturated heterocycles. The highest BCUT2D eigenvalue weighted by Crippen LogP contribution is 2.09. The Kier molecular flexibility index (Phi) is 5.36. The number of carboxylic acids is 1. The number of aliphatic carboxylic acids is 1. The van der Waals surface area contributed by atoms with Crippen LogP contribution in [0.4, 0.5) is 5.69 Å². The molecule has 0 aromatic heterocycles. The quantitative estimate of drug-likeness (QED) is 0.678. The molecule has 0 spiro atoms. The summed E-state index contributed by atoms with van der Waals surface area (Å²) < 4.78 is 0. The van der Waals surface area contributed by atoms with Crippen molar-refractivity contribution >= 4 is 17.6 Å². The van der Waals surface area contributed by atoms with Crippen molar-refractivity contribution in [3.8, 4) is 0 Å². The van der Waals surface area contributed by atoms with Gasteiger partial charge in [0.2, 0.25) is 5.91 Å². The zero-order chi connectivity index (χ0) is 14.4. The summed E-state index contributed by atoms with van der Waals surface area (Å²) in [6.07, 6.45) is 0.793. The topological polar surface area (TPSA) is 92.4 Å². The number of nitrogens with two attached hydrogens (primary N) is 1. The first-order valence-corrected chi connectivity index (χ1v) is 6.26. The molecule has 0 radical (unpaired) electrons. The van der Waals surface area contributed by atoms with Crippen LogP contribution in [0.1, 0.15) is 25.8 Å². The van der Waals surface area contributed by atoms with E-state index in [0.29, 0.717) is 12.1 Å². The van der Waals surface area contributed by atoms with Crippen LogP contribution in [0.15, 0.2) is 24.3 Å². The van der Waals surface area contributed by atoms with Crippen molar-refractivity contribution in [2.45, 2.75) is 32.7 Å². The fraction of sp³-hybridized carbons (Fsp3) is 0.429. The molecule has 1 rings (SSSR count). The molecular weight excluding hydrogens is 244 g/mol. The number of hydrogen-bond donors (Lipinski definition) is 3. The van der Waals surface area contributed by atoms with Gasteiger partial charge in [-0.25, -0.2) is 4.79 Å². The zero-order valence-electron chi connectivity index (χ0n) is 11.2. The largest absolute Gasteiger partial charge is 0.480 e. The van der Waals surface area contributed by atoms with Crippen molar-refractivity contribution in [3.05, 3.63) is 29.8 Å². The Morgan fingerprint density at radius 2 is 2.05 bits per heavy atom. The third-order valence-corrected chi connectivity index (χ3v) is 2.84. The highest BCUT2D eigenvalue weighted by atomic mass is 16.4. The molecule has 0 bridgehead atoms. The molecule has 0 heterocycles. The first kappa shape index (κ1) is 15.0. The highest BCUT2D eigenvalue weighted by molar-refractivity contribution is 5.83. The van der Waals surface area contributed by atoms with Gasteiger partial charge in [0.1, 0.15) is 6.04 Å². The maximum atomic E-state index is 11.7. The van der Waals surface area contributed by atoms with Crippen LogP contribution >= 0.6 is 0 Å². The summed E-state index contributed by atoms with van der Waals surface area (Å²) >= 11 is 0. The van der Waals surface area contributed by atoms with Gasteiger partial charge in [-0.3, -0.25) is 4.79 Å². The van der Waals surface area contributed by atoms with Crippen LogP contribution < -0.4 is 11.1 Å². The minimum atomic E-state index is -1.01. The minimum Gasteiger partial charge on any atom is -0.480 e. The van der Waals surface area contributed by atoms with Crippen molar-refractivity contribution in [1.82, 2.24) is 5.32 Å². The van der Waals surface area contributed by atoms with Crippen LogP contribution in [0.25, 0.3) is 0 Å². The van der Waals surface area contributed by atoms with E-state index in [1.165, 1.54) is 0 Å². The van der Waals surface area contributed by atoms with Gasteiger partial charge < -0.3 is 16.2 Å². The molecule has 19 heavy (non-hydrogen) atoms. The molecule has 0 unspecified atom stereocenters. The smallest absolute Gasteiger partial charge is 0.326 e. The highest BCUT2D eigenvalue weighted by Gasteiger charge is 2.22. The van der Waals surface area contributed by atoms with Crippen LogP contribution in [0.3, 0.4) is 0 Å². The second-order valence-electron chi connectivity index (χ2n) is 4.87. The van der Waals surface area contributed by atoms with Crippen LogP contribution in [0.2, 0.25) is 0 Å². The average molecular weight is 264 g/mol. The van der Waals surface area contributed by atoms with Gasteiger partial charge in [0, 0.05) is 12.1 Å². The SMILES string of the molecule is CC(C)[C@H](NC(=O)CCc1cccc(N)c1)C(=O)O. The van der Waals surface area contributed by atoms with Crippen molar-refractivity contribution in [3.63, 3.8) is 0 Å². The lowest BCUT2D eigenvalue weighted by Gasteiger charge is -2.17. The van der Waals surface area contributed by atoms with Crippen LogP contribution in [0.5, 0.6) is 0 Å². The van der Waals surface area contributed by atoms with E-state index in [1.54, 1.807) is 19.9 Å². The number of carbonyl (C=O) groups excluding carboxylic acids is 1. The van der Waals surface area contributed by atoms with E-state index < -0.39 is 12.0 Å². The maximum Gasteiger partial charge on any atom is 0.326 e. The number of nitrogens with one attached hydrogen (secondary N) is 1. The minimum absolute atomic E-state index is 0.145. The van der Waals surface area contributed by atoms with E-state index in [4.69, 9.17) is 10.8 Å². The molecule has 0 aliphatic carbocycles. The molecule has 1 aromatic carbocycles. The summed E-state index contributed by atoms with van der Waals surface area (Å²) in [5.74, 6) is -1.41. The number of carbonyl (C=O) groups is 2. The van der Waals surface area contributed by atoms with Crippen molar-refractivity contribution < 1.29 is 14.7 Å². The molecule has 0 fully saturated rings. The molecule has 4 N–H and O–H groups in total. The van der Waals surface area contributed by atoms with E-state index >= 15 is 0 Å². The van der Waals surface area contributed by atoms with E-state index in [9.17, 15) is 9.59 Å². The first-order valence-electron chi connectivity index (χ1n) is 6.26. The summed E-state index contributed by atoms with van der Waals surface area (Å²) in [7, 11) is 0. The number of amides is 1. The molecule has 1 aromatic rings. The van der Waals surface area contributed by atoms with Crippen LogP contribution in [-0.2, 0) is 16.0 Å². The Morgan fingerprint density at radius 1 is 1.37 bits per heavy atom. The van der Waals surface area contributed by atoms with Gasteiger partial charge in [-0.05, 0) is 30.0 Å². The molecule has 104 valence electrons. The van der Waals surface area contributed by atoms with Gasteiger partial charge in [-0.2, -0.15) is 0 Å². The number of benzene rings is 1. The van der Waals surface area contributed by atoms with E-state index in [1.807, 2.05) is 18.2 Å². The Hall–Kier alpha value is -2.04. The monoisotopic (exact) mass is 264 g/mol. The molecule has 5 nitrogen and oxygen atoms in total. The standard InChI is InChI=1S/C14H20N2O3/c1-9(2)13(14(18)19)16-12(17)7-6-10-4-3-5-11(15)8-10/h3-5,8-9,13H,6-7,15H2,1-2H3,(H,16,17)(H,18,19)/t13-/m0/s1. The number of carboxylic acid groups (broad SMARTS) is 1. The van der Waals surface area contributed by atoms with E-state index in [-0.39, 0.29) is 18.2 Å². The predicted molar refractivity (Wildman–Crippen MR) is 73.6 cm³/mol. The lowest BCUT2D eigenvalue weighted by Crippen LogP contribution is -2.44. The summed E-state index contributed by atoms with van der Waals surface area (Å²) in [5, 5.41) is 11.5. The lowest BCUT2D eigenvalue weighted by atomic mass is 10.0. The molecule has 0 aliphatic rings. The number of aryl methyl sites for hydroxylation is 1. The third-order valence-electron chi connectivity index (χ3n) is 2.84. The number of nitrogen functional groups attached to an aromatic ring is 1. The van der Waals surface area contributed by atoms with Crippen molar-refractivity contribution in [2.75, 3.05) is 5.73 Å². The molecule has 0 saturated carbocycles. The second kappa shape index (κ2) is 6.78. The predicted octanol–water partition coefficient (Wildman–Crippen LogP) is 1.43. The van der Waals surface area contributed by atoms with Gasteiger partial charge in [-0.15, -0.1) is 0 Å². The Bertz CT molecular complexity index is 458. The molecular formula is C14H20N2O3. The van der Waals surface area contributed by atoms with Gasteiger partial charge in [0.25, 0.3) is 0 Å². The fourth-order valence-corrected chi connectivity index (χ4v) is 1.77. The lowest BCUT2D eigenvalue weighted by molar-refractivity contribution is -0.143. The van der Waals surface area contributed by atoms with Crippen LogP contribution in [0, 0.1) is 5.92 Å². The first-order chi connectivity index (χ1) is 8.90. The number of hydrogen-bond acceptors (Lipinski definition) is 3. The average Bonchev–Trinajstić information content (AvgIpc) is 2.32. The maximum absolute atomic E-state index is 11.7. The van der Waals surface area contributed by atoms with Gasteiger partial charge >= 0.3 is 5.97 Å². The van der Waals surface area contributed by atoms with E-state index in [0.717, 1.165) is 5.56 Å². The normalized spacial score (nSPS) is 12.2. The van der Waals surface area contributed by atoms with Crippen molar-refractivity contribution in [2.24, 2.45) is 5.92 Å². The van der Waals surface area contributed by atoms with Crippen molar-refractivity contribution in [1.29, 1.82) is 0 Å². The summed E-state index contributed by atoms with van der Waals surface area (Å²) in [4.78, 5) is 22.7. The Morgan fingerprint density at radius 3 is 2.58 bits per heavy atom. The Balaban J connectivity index is 2.49. The molecule has 5 heteroatoms. The zero-order valence-corrected chi connectivity index (χ0v) is 11.2. The van der Waals surface area contributed by atoms with Crippen LogP contribution in [-0.4, -0.2) is 23.0 Å². The van der Waals surface area contributed by atoms with E-state index in [2.05, 4.69) is 5.32 Å².